The first-order valence-electron chi connectivity index (χ1n) is 4.45. The van der Waals surface area contributed by atoms with Gasteiger partial charge < -0.3 is 5.11 Å². The molecule has 1 aromatic rings. The zero-order valence-electron chi connectivity index (χ0n) is 8.80. The molecular weight excluding hydrogens is 252 g/mol. The van der Waals surface area contributed by atoms with Crippen molar-refractivity contribution in [3.63, 3.8) is 0 Å². The Hall–Kier alpha value is -0.990. The lowest BCUT2D eigenvalue weighted by Gasteiger charge is -2.08. The predicted octanol–water partition coefficient (Wildman–Crippen LogP) is 0.344. The predicted molar refractivity (Wildman–Crippen MR) is 59.7 cm³/mol. The van der Waals surface area contributed by atoms with Crippen LogP contribution in [-0.4, -0.2) is 29.7 Å². The summed E-state index contributed by atoms with van der Waals surface area (Å²) in [5.41, 5.74) is 0.587. The van der Waals surface area contributed by atoms with Crippen molar-refractivity contribution >= 4 is 27.3 Å². The number of hydrogen-bond acceptors (Lipinski definition) is 5. The molecule has 1 atom stereocenters. The van der Waals surface area contributed by atoms with Crippen LogP contribution in [0.25, 0.3) is 0 Å². The monoisotopic (exact) mass is 264 g/mol. The van der Waals surface area contributed by atoms with E-state index in [0.717, 1.165) is 11.9 Å². The fourth-order valence-corrected chi connectivity index (χ4v) is 2.40. The van der Waals surface area contributed by atoms with Gasteiger partial charge in [0.05, 0.1) is 17.2 Å². The van der Waals surface area contributed by atoms with E-state index in [1.807, 2.05) is 6.92 Å². The topological polar surface area (TPSA) is 96.4 Å². The van der Waals surface area contributed by atoms with E-state index >= 15 is 0 Å². The fraction of sp³-hybridized carbons (Fsp3) is 0.500. The first kappa shape index (κ1) is 13.1. The van der Waals surface area contributed by atoms with E-state index in [1.165, 1.54) is 11.3 Å². The number of carbonyl (C=O) groups is 1. The number of aryl methyl sites for hydroxylation is 1. The number of nitrogens with one attached hydrogen (secondary N) is 1. The Balaban J connectivity index is 2.65. The van der Waals surface area contributed by atoms with Crippen LogP contribution in [0.3, 0.4) is 0 Å². The Labute approximate surface area is 97.4 Å². The molecule has 0 saturated carbocycles. The van der Waals surface area contributed by atoms with Crippen LogP contribution in [0.4, 0.5) is 0 Å². The number of hydrogen-bond donors (Lipinski definition) is 2. The highest BCUT2D eigenvalue weighted by molar-refractivity contribution is 7.90. The second-order valence-corrected chi connectivity index (χ2v) is 6.35. The summed E-state index contributed by atoms with van der Waals surface area (Å²) in [6.07, 6.45) is 0. The molecule has 0 aromatic carbocycles. The molecule has 6 nitrogen and oxygen atoms in total. The molecular formula is C8H12N2O4S2. The molecule has 1 rings (SSSR count). The van der Waals surface area contributed by atoms with Gasteiger partial charge in [0, 0.05) is 5.38 Å². The van der Waals surface area contributed by atoms with E-state index in [4.69, 9.17) is 5.11 Å². The van der Waals surface area contributed by atoms with Crippen LogP contribution in [0.5, 0.6) is 0 Å². The van der Waals surface area contributed by atoms with E-state index in [-0.39, 0.29) is 6.54 Å². The van der Waals surface area contributed by atoms with Crippen molar-refractivity contribution in [3.8, 4) is 0 Å². The lowest BCUT2D eigenvalue weighted by atomic mass is 10.5. The van der Waals surface area contributed by atoms with E-state index < -0.39 is 21.2 Å². The second-order valence-electron chi connectivity index (χ2n) is 3.20. The number of nitrogens with zero attached hydrogens (tertiary/aromatic N) is 1. The van der Waals surface area contributed by atoms with Gasteiger partial charge in [0.25, 0.3) is 0 Å². The van der Waals surface area contributed by atoms with Gasteiger partial charge in [-0.05, 0) is 13.8 Å². The quantitative estimate of drug-likeness (QED) is 0.799. The Morgan fingerprint density at radius 1 is 1.69 bits per heavy atom. The van der Waals surface area contributed by atoms with Crippen molar-refractivity contribution in [3.05, 3.63) is 16.1 Å². The third kappa shape index (κ3) is 3.26. The summed E-state index contributed by atoms with van der Waals surface area (Å²) in [5, 5.41) is 9.68. The summed E-state index contributed by atoms with van der Waals surface area (Å²) < 4.78 is 25.1. The maximum absolute atomic E-state index is 11.4. The Morgan fingerprint density at radius 2 is 2.31 bits per heavy atom. The number of aliphatic carboxylic acids is 1. The van der Waals surface area contributed by atoms with Gasteiger partial charge in [0.15, 0.2) is 5.25 Å². The van der Waals surface area contributed by atoms with Crippen LogP contribution in [0, 0.1) is 6.92 Å². The molecule has 0 spiro atoms. The molecule has 2 N–H and O–H groups in total. The highest BCUT2D eigenvalue weighted by atomic mass is 32.2. The summed E-state index contributed by atoms with van der Waals surface area (Å²) >= 11 is 1.41. The largest absolute Gasteiger partial charge is 0.480 e. The molecule has 1 aromatic heterocycles. The molecule has 1 heterocycles. The van der Waals surface area contributed by atoms with Crippen molar-refractivity contribution in [1.82, 2.24) is 9.71 Å². The number of carboxylic acid groups (broad SMARTS) is 1. The van der Waals surface area contributed by atoms with Crippen molar-refractivity contribution in [2.75, 3.05) is 0 Å². The molecule has 0 aliphatic rings. The van der Waals surface area contributed by atoms with Crippen molar-refractivity contribution < 1.29 is 18.3 Å². The minimum absolute atomic E-state index is 0.0181. The van der Waals surface area contributed by atoms with Crippen molar-refractivity contribution in [2.24, 2.45) is 0 Å². The average Bonchev–Trinajstić information content (AvgIpc) is 2.60. The van der Waals surface area contributed by atoms with Gasteiger partial charge >= 0.3 is 5.97 Å². The van der Waals surface area contributed by atoms with Gasteiger partial charge in [-0.25, -0.2) is 18.1 Å². The first-order valence-corrected chi connectivity index (χ1v) is 6.88. The zero-order chi connectivity index (χ0) is 12.3. The third-order valence-electron chi connectivity index (χ3n) is 1.93. The fourth-order valence-electron chi connectivity index (χ4n) is 0.922. The number of rotatable bonds is 5. The van der Waals surface area contributed by atoms with Crippen LogP contribution in [-0.2, 0) is 21.4 Å². The number of thiazole rings is 1. The van der Waals surface area contributed by atoms with Gasteiger partial charge in [0.2, 0.25) is 10.0 Å². The first-order chi connectivity index (χ1) is 7.33. The smallest absolute Gasteiger partial charge is 0.323 e. The molecule has 0 aliphatic heterocycles. The van der Waals surface area contributed by atoms with E-state index in [1.54, 1.807) is 5.38 Å². The number of carboxylic acids is 1. The lowest BCUT2D eigenvalue weighted by molar-refractivity contribution is -0.136. The number of sulfonamides is 1. The van der Waals surface area contributed by atoms with Gasteiger partial charge in [-0.1, -0.05) is 0 Å². The second kappa shape index (κ2) is 4.89. The van der Waals surface area contributed by atoms with Gasteiger partial charge in [-0.2, -0.15) is 0 Å². The molecule has 0 radical (unpaired) electrons. The molecule has 0 amide bonds. The maximum Gasteiger partial charge on any atom is 0.323 e. The zero-order valence-corrected chi connectivity index (χ0v) is 10.4. The summed E-state index contributed by atoms with van der Waals surface area (Å²) in [4.78, 5) is 14.6. The van der Waals surface area contributed by atoms with Crippen LogP contribution < -0.4 is 4.72 Å². The SMILES string of the molecule is Cc1nc(CNS(=O)(=O)C(C)C(=O)O)cs1. The molecule has 0 bridgehead atoms. The van der Waals surface area contributed by atoms with Crippen molar-refractivity contribution in [1.29, 1.82) is 0 Å². The lowest BCUT2D eigenvalue weighted by Crippen LogP contribution is -2.37. The third-order valence-corrected chi connectivity index (χ3v) is 4.44. The van der Waals surface area contributed by atoms with Gasteiger partial charge in [-0.3, -0.25) is 4.79 Å². The molecule has 90 valence electrons. The minimum Gasteiger partial charge on any atom is -0.480 e. The highest BCUT2D eigenvalue weighted by Crippen LogP contribution is 2.08. The molecule has 16 heavy (non-hydrogen) atoms. The molecule has 0 aliphatic carbocycles. The summed E-state index contributed by atoms with van der Waals surface area (Å²) in [5.74, 6) is -1.37. The molecule has 1 unspecified atom stereocenters. The Kier molecular flexibility index (Phi) is 4.00. The molecule has 0 fully saturated rings. The van der Waals surface area contributed by atoms with E-state index in [2.05, 4.69) is 9.71 Å². The average molecular weight is 264 g/mol. The van der Waals surface area contributed by atoms with Gasteiger partial charge in [0.1, 0.15) is 0 Å². The summed E-state index contributed by atoms with van der Waals surface area (Å²) in [6.45, 7) is 2.95. The van der Waals surface area contributed by atoms with E-state index in [9.17, 15) is 13.2 Å². The maximum atomic E-state index is 11.4. The van der Waals surface area contributed by atoms with Crippen LogP contribution in [0.2, 0.25) is 0 Å². The highest BCUT2D eigenvalue weighted by Gasteiger charge is 2.27. The Morgan fingerprint density at radius 3 is 2.75 bits per heavy atom. The molecule has 8 heteroatoms. The summed E-state index contributed by atoms with van der Waals surface area (Å²) in [7, 11) is -3.83. The number of aromatic nitrogens is 1. The van der Waals surface area contributed by atoms with E-state index in [0.29, 0.717) is 5.69 Å². The summed E-state index contributed by atoms with van der Waals surface area (Å²) in [6, 6.07) is 0. The minimum atomic E-state index is -3.83. The van der Waals surface area contributed by atoms with Crippen LogP contribution >= 0.6 is 11.3 Å². The van der Waals surface area contributed by atoms with Crippen LogP contribution in [0.1, 0.15) is 17.6 Å². The van der Waals surface area contributed by atoms with Gasteiger partial charge in [-0.15, -0.1) is 11.3 Å². The Bertz CT molecular complexity index is 480. The normalized spacial score (nSPS) is 13.6. The molecule has 0 saturated heterocycles. The standard InChI is InChI=1S/C8H12N2O4S2/c1-5(8(11)12)16(13,14)9-3-7-4-15-6(2)10-7/h4-5,9H,3H2,1-2H3,(H,11,12). The van der Waals surface area contributed by atoms with Crippen LogP contribution in [0.15, 0.2) is 5.38 Å². The van der Waals surface area contributed by atoms with Crippen molar-refractivity contribution in [2.45, 2.75) is 25.6 Å².